The zero-order valence-corrected chi connectivity index (χ0v) is 10.4. The molecule has 0 amide bonds. The molecule has 1 aliphatic carbocycles. The first-order chi connectivity index (χ1) is 9.41. The molecular weight excluding hydrogens is 264 g/mol. The average molecular weight is 274 g/mol. The van der Waals surface area contributed by atoms with Gasteiger partial charge in [-0.1, -0.05) is 0 Å². The normalized spacial score (nSPS) is 16.9. The molecule has 0 atom stereocenters. The number of Topliss-reactive ketones (excluding diaryl/α,β-unsaturated/α-hetero) is 1. The van der Waals surface area contributed by atoms with Gasteiger partial charge in [-0.3, -0.25) is 9.59 Å². The number of carbonyl (C=O) groups excluding carboxylic acids is 2. The van der Waals surface area contributed by atoms with E-state index in [0.29, 0.717) is 5.76 Å². The fourth-order valence-electron chi connectivity index (χ4n) is 2.38. The van der Waals surface area contributed by atoms with Crippen molar-refractivity contribution in [3.8, 4) is 11.5 Å². The van der Waals surface area contributed by atoms with Crippen LogP contribution < -0.4 is 0 Å². The van der Waals surface area contributed by atoms with Crippen LogP contribution in [0.5, 0.6) is 11.5 Å². The maximum Gasteiger partial charge on any atom is 0.237 e. The van der Waals surface area contributed by atoms with Crippen LogP contribution >= 0.6 is 0 Å². The Kier molecular flexibility index (Phi) is 2.37. The number of phenolic OH excluding ortho intramolecular Hbond substituents is 2. The van der Waals surface area contributed by atoms with Crippen LogP contribution in [0.15, 0.2) is 11.8 Å². The Balaban J connectivity index is 2.43. The van der Waals surface area contributed by atoms with Crippen molar-refractivity contribution in [2.45, 2.75) is 13.5 Å². The van der Waals surface area contributed by atoms with Crippen LogP contribution in [-0.2, 0) is 16.1 Å². The van der Waals surface area contributed by atoms with Gasteiger partial charge in [0.25, 0.3) is 0 Å². The minimum Gasteiger partial charge on any atom is -0.507 e. The minimum absolute atomic E-state index is 0.000241. The summed E-state index contributed by atoms with van der Waals surface area (Å²) < 4.78 is 5.25. The number of fused-ring (bicyclic) bond motifs is 2. The van der Waals surface area contributed by atoms with Crippen molar-refractivity contribution in [2.75, 3.05) is 0 Å². The van der Waals surface area contributed by atoms with Gasteiger partial charge < -0.3 is 20.1 Å². The molecule has 102 valence electrons. The lowest BCUT2D eigenvalue weighted by Gasteiger charge is -2.23. The number of phenols is 2. The molecule has 1 aromatic rings. The molecule has 0 spiro atoms. The van der Waals surface area contributed by atoms with Crippen molar-refractivity contribution in [3.05, 3.63) is 34.1 Å². The fraction of sp³-hybridized carbons (Fsp3) is 0.143. The number of aliphatic hydroxyl groups excluding tert-OH is 1. The second-order valence-corrected chi connectivity index (χ2v) is 4.61. The van der Waals surface area contributed by atoms with Gasteiger partial charge >= 0.3 is 0 Å². The van der Waals surface area contributed by atoms with Gasteiger partial charge in [0.05, 0.1) is 16.9 Å². The summed E-state index contributed by atoms with van der Waals surface area (Å²) in [6.45, 7) is 1.66. The molecule has 1 aromatic carbocycles. The number of ether oxygens (including phenoxy) is 1. The molecule has 6 heteroatoms. The Labute approximate surface area is 113 Å². The van der Waals surface area contributed by atoms with E-state index < -0.39 is 23.1 Å². The number of hydrogen-bond donors (Lipinski definition) is 3. The molecule has 3 rings (SSSR count). The van der Waals surface area contributed by atoms with Crippen LogP contribution in [-0.4, -0.2) is 26.9 Å². The molecule has 20 heavy (non-hydrogen) atoms. The van der Waals surface area contributed by atoms with Gasteiger partial charge in [-0.15, -0.1) is 0 Å². The van der Waals surface area contributed by atoms with Crippen molar-refractivity contribution in [2.24, 2.45) is 0 Å². The molecule has 0 aromatic heterocycles. The maximum absolute atomic E-state index is 11.9. The smallest absolute Gasteiger partial charge is 0.237 e. The zero-order chi connectivity index (χ0) is 14.6. The van der Waals surface area contributed by atoms with E-state index in [0.717, 1.165) is 6.08 Å². The molecule has 0 fully saturated rings. The van der Waals surface area contributed by atoms with Crippen molar-refractivity contribution in [1.82, 2.24) is 0 Å². The predicted octanol–water partition coefficient (Wildman–Crippen LogP) is 1.65. The minimum atomic E-state index is -0.967. The number of carbonyl (C=O) groups is 2. The van der Waals surface area contributed by atoms with Gasteiger partial charge in [-0.2, -0.15) is 0 Å². The van der Waals surface area contributed by atoms with Gasteiger partial charge in [-0.05, 0) is 13.0 Å². The number of aromatic hydroxyl groups is 2. The molecule has 6 nitrogen and oxygen atoms in total. The van der Waals surface area contributed by atoms with E-state index in [1.807, 2.05) is 0 Å². The van der Waals surface area contributed by atoms with E-state index in [9.17, 15) is 24.9 Å². The molecule has 0 saturated heterocycles. The highest BCUT2D eigenvalue weighted by Crippen LogP contribution is 2.45. The Morgan fingerprint density at radius 3 is 2.45 bits per heavy atom. The van der Waals surface area contributed by atoms with Crippen molar-refractivity contribution >= 4 is 23.4 Å². The zero-order valence-electron chi connectivity index (χ0n) is 10.4. The second-order valence-electron chi connectivity index (χ2n) is 4.61. The molecule has 0 radical (unpaired) electrons. The van der Waals surface area contributed by atoms with E-state index in [2.05, 4.69) is 0 Å². The summed E-state index contributed by atoms with van der Waals surface area (Å²) in [5.41, 5.74) is -0.130. The first-order valence-electron chi connectivity index (χ1n) is 5.83. The molecule has 3 N–H and O–H groups in total. The summed E-state index contributed by atoms with van der Waals surface area (Å²) >= 11 is 0. The third-order valence-electron chi connectivity index (χ3n) is 3.36. The third-order valence-corrected chi connectivity index (χ3v) is 3.36. The third kappa shape index (κ3) is 1.45. The Morgan fingerprint density at radius 2 is 1.75 bits per heavy atom. The molecule has 2 aliphatic rings. The molecule has 1 heterocycles. The lowest BCUT2D eigenvalue weighted by atomic mass is 9.86. The number of aliphatic hydroxyl groups is 1. The fourth-order valence-corrected chi connectivity index (χ4v) is 2.38. The van der Waals surface area contributed by atoms with Crippen molar-refractivity contribution in [3.63, 3.8) is 0 Å². The van der Waals surface area contributed by atoms with Gasteiger partial charge in [0.1, 0.15) is 23.9 Å². The predicted molar refractivity (Wildman–Crippen MR) is 68.2 cm³/mol. The summed E-state index contributed by atoms with van der Waals surface area (Å²) in [7, 11) is 0. The SMILES string of the molecule is CC1=Cc2c(O)c3c(c(O)c2CO1)C(O)=CC(=O)C3=O. The Morgan fingerprint density at radius 1 is 1.05 bits per heavy atom. The standard InChI is InChI=1S/C14H10O6/c1-5-2-6-7(4-20-5)13(18)10-8(15)3-9(16)14(19)11(10)12(6)17/h2-3,15,17-18H,4H2,1H3. The van der Waals surface area contributed by atoms with Gasteiger partial charge in [-0.25, -0.2) is 0 Å². The molecular formula is C14H10O6. The van der Waals surface area contributed by atoms with Crippen LogP contribution in [0.4, 0.5) is 0 Å². The van der Waals surface area contributed by atoms with Crippen LogP contribution in [0.3, 0.4) is 0 Å². The van der Waals surface area contributed by atoms with Crippen LogP contribution in [0, 0.1) is 0 Å². The maximum atomic E-state index is 11.9. The first kappa shape index (κ1) is 12.3. The first-order valence-corrected chi connectivity index (χ1v) is 5.83. The summed E-state index contributed by atoms with van der Waals surface area (Å²) in [6, 6.07) is 0. The monoisotopic (exact) mass is 274 g/mol. The molecule has 0 unspecified atom stereocenters. The summed E-state index contributed by atoms with van der Waals surface area (Å²) in [6.07, 6.45) is 2.18. The summed E-state index contributed by atoms with van der Waals surface area (Å²) in [4.78, 5) is 23.3. The van der Waals surface area contributed by atoms with Crippen molar-refractivity contribution < 1.29 is 29.6 Å². The molecule has 0 bridgehead atoms. The highest BCUT2D eigenvalue weighted by molar-refractivity contribution is 6.51. The van der Waals surface area contributed by atoms with Crippen molar-refractivity contribution in [1.29, 1.82) is 0 Å². The number of ketones is 2. The Hall–Kier alpha value is -2.76. The van der Waals surface area contributed by atoms with E-state index in [1.165, 1.54) is 6.08 Å². The van der Waals surface area contributed by atoms with Crippen LogP contribution in [0.25, 0.3) is 11.8 Å². The number of allylic oxidation sites excluding steroid dienone is 2. The summed E-state index contributed by atoms with van der Waals surface area (Å²) in [5.74, 6) is -2.77. The highest BCUT2D eigenvalue weighted by Gasteiger charge is 2.35. The van der Waals surface area contributed by atoms with Gasteiger partial charge in [0, 0.05) is 17.2 Å². The van der Waals surface area contributed by atoms with Gasteiger partial charge in [0.2, 0.25) is 11.6 Å². The lowest BCUT2D eigenvalue weighted by molar-refractivity contribution is -0.111. The molecule has 0 saturated carbocycles. The Bertz CT molecular complexity index is 739. The molecule has 1 aliphatic heterocycles. The van der Waals surface area contributed by atoms with E-state index in [-0.39, 0.29) is 34.6 Å². The van der Waals surface area contributed by atoms with E-state index >= 15 is 0 Å². The van der Waals surface area contributed by atoms with E-state index in [1.54, 1.807) is 6.92 Å². The largest absolute Gasteiger partial charge is 0.507 e. The number of hydrogen-bond acceptors (Lipinski definition) is 6. The van der Waals surface area contributed by atoms with Gasteiger partial charge in [0.15, 0.2) is 0 Å². The highest BCUT2D eigenvalue weighted by atomic mass is 16.5. The quantitative estimate of drug-likeness (QED) is 0.491. The summed E-state index contributed by atoms with van der Waals surface area (Å²) in [5, 5.41) is 30.2. The number of benzene rings is 1. The lowest BCUT2D eigenvalue weighted by Crippen LogP contribution is -2.20. The van der Waals surface area contributed by atoms with Crippen LogP contribution in [0.2, 0.25) is 0 Å². The van der Waals surface area contributed by atoms with E-state index in [4.69, 9.17) is 4.74 Å². The number of rotatable bonds is 0. The van der Waals surface area contributed by atoms with Crippen LogP contribution in [0.1, 0.15) is 34.0 Å². The second kappa shape index (κ2) is 3.86. The topological polar surface area (TPSA) is 104 Å². The average Bonchev–Trinajstić information content (AvgIpc) is 2.40.